The van der Waals surface area contributed by atoms with Crippen LogP contribution in [0.1, 0.15) is 25.8 Å². The summed E-state index contributed by atoms with van der Waals surface area (Å²) in [6.07, 6.45) is 1.72. The zero-order valence-corrected chi connectivity index (χ0v) is 8.41. The summed E-state index contributed by atoms with van der Waals surface area (Å²) in [7, 11) is 0. The van der Waals surface area contributed by atoms with Gasteiger partial charge in [-0.05, 0) is 30.2 Å². The highest BCUT2D eigenvalue weighted by Crippen LogP contribution is 2.24. The molecule has 0 aromatic heterocycles. The Morgan fingerprint density at radius 1 is 1.50 bits per heavy atom. The number of hydrogen-bond acceptors (Lipinski definition) is 3. The predicted molar refractivity (Wildman–Crippen MR) is 53.4 cm³/mol. The first kappa shape index (κ1) is 10.6. The van der Waals surface area contributed by atoms with Crippen LogP contribution in [-0.2, 0) is 11.2 Å². The Hall–Kier alpha value is -1.51. The minimum absolute atomic E-state index is 0.253. The van der Waals surface area contributed by atoms with Gasteiger partial charge in [-0.25, -0.2) is 0 Å². The van der Waals surface area contributed by atoms with Gasteiger partial charge in [0.1, 0.15) is 11.5 Å². The van der Waals surface area contributed by atoms with Gasteiger partial charge in [0.2, 0.25) is 0 Å². The predicted octanol–water partition coefficient (Wildman–Crippen LogP) is 2.27. The highest BCUT2D eigenvalue weighted by atomic mass is 16.5. The summed E-state index contributed by atoms with van der Waals surface area (Å²) in [5, 5.41) is 9.46. The van der Waals surface area contributed by atoms with Crippen molar-refractivity contribution in [3.8, 4) is 11.5 Å². The lowest BCUT2D eigenvalue weighted by molar-refractivity contribution is -0.131. The third-order valence-corrected chi connectivity index (χ3v) is 1.83. The van der Waals surface area contributed by atoms with Gasteiger partial charge >= 0.3 is 5.97 Å². The molecule has 0 saturated carbocycles. The van der Waals surface area contributed by atoms with E-state index in [-0.39, 0.29) is 11.7 Å². The molecule has 0 aliphatic carbocycles. The number of esters is 1. The van der Waals surface area contributed by atoms with Crippen LogP contribution >= 0.6 is 0 Å². The number of carbonyl (C=O) groups is 1. The Labute approximate surface area is 83.3 Å². The van der Waals surface area contributed by atoms with E-state index < -0.39 is 0 Å². The van der Waals surface area contributed by atoms with Gasteiger partial charge in [0, 0.05) is 6.92 Å². The summed E-state index contributed by atoms with van der Waals surface area (Å²) >= 11 is 0. The Bertz CT molecular complexity index is 331. The molecule has 0 radical (unpaired) electrons. The number of phenolic OH excluding ortho intramolecular Hbond substituents is 1. The summed E-state index contributed by atoms with van der Waals surface area (Å²) in [6, 6.07) is 4.82. The number of aromatic hydroxyl groups is 1. The number of phenols is 1. The quantitative estimate of drug-likeness (QED) is 0.593. The fourth-order valence-electron chi connectivity index (χ4n) is 1.26. The summed E-state index contributed by atoms with van der Waals surface area (Å²) in [6.45, 7) is 3.38. The monoisotopic (exact) mass is 194 g/mol. The topological polar surface area (TPSA) is 46.5 Å². The van der Waals surface area contributed by atoms with Crippen molar-refractivity contribution in [1.82, 2.24) is 0 Å². The van der Waals surface area contributed by atoms with E-state index in [0.717, 1.165) is 18.4 Å². The Morgan fingerprint density at radius 2 is 2.21 bits per heavy atom. The van der Waals surface area contributed by atoms with E-state index in [1.807, 2.05) is 6.92 Å². The number of rotatable bonds is 3. The summed E-state index contributed by atoms with van der Waals surface area (Å²) in [5.41, 5.74) is 0.811. The van der Waals surface area contributed by atoms with Crippen LogP contribution in [0.25, 0.3) is 0 Å². The van der Waals surface area contributed by atoms with Crippen LogP contribution in [0.4, 0.5) is 0 Å². The molecule has 1 aromatic rings. The fraction of sp³-hybridized carbons (Fsp3) is 0.364. The molecule has 14 heavy (non-hydrogen) atoms. The zero-order chi connectivity index (χ0) is 10.6. The molecular formula is C11H14O3. The maximum absolute atomic E-state index is 10.7. The summed E-state index contributed by atoms with van der Waals surface area (Å²) in [4.78, 5) is 10.7. The van der Waals surface area contributed by atoms with Crippen molar-refractivity contribution in [2.75, 3.05) is 0 Å². The van der Waals surface area contributed by atoms with Gasteiger partial charge in [-0.15, -0.1) is 0 Å². The zero-order valence-electron chi connectivity index (χ0n) is 8.41. The molecule has 0 aliphatic heterocycles. The minimum atomic E-state index is -0.349. The third kappa shape index (κ3) is 2.76. The molecule has 0 spiro atoms. The van der Waals surface area contributed by atoms with Crippen molar-refractivity contribution in [3.63, 3.8) is 0 Å². The average Bonchev–Trinajstić information content (AvgIpc) is 2.10. The van der Waals surface area contributed by atoms with Crippen molar-refractivity contribution >= 4 is 5.97 Å². The Kier molecular flexibility index (Phi) is 3.51. The van der Waals surface area contributed by atoms with E-state index in [4.69, 9.17) is 4.74 Å². The molecule has 76 valence electrons. The number of aryl methyl sites for hydroxylation is 1. The Morgan fingerprint density at radius 3 is 2.79 bits per heavy atom. The van der Waals surface area contributed by atoms with Gasteiger partial charge in [0.05, 0.1) is 0 Å². The first-order valence-corrected chi connectivity index (χ1v) is 4.63. The van der Waals surface area contributed by atoms with E-state index >= 15 is 0 Å². The van der Waals surface area contributed by atoms with Gasteiger partial charge < -0.3 is 9.84 Å². The maximum Gasteiger partial charge on any atom is 0.308 e. The van der Waals surface area contributed by atoms with E-state index in [1.54, 1.807) is 18.2 Å². The van der Waals surface area contributed by atoms with Gasteiger partial charge in [-0.1, -0.05) is 13.3 Å². The van der Waals surface area contributed by atoms with Gasteiger partial charge in [-0.2, -0.15) is 0 Å². The SMILES string of the molecule is CCCc1cc(OC(C)=O)ccc1O. The molecule has 3 nitrogen and oxygen atoms in total. The maximum atomic E-state index is 10.7. The summed E-state index contributed by atoms with van der Waals surface area (Å²) in [5.74, 6) is 0.389. The van der Waals surface area contributed by atoms with E-state index in [1.165, 1.54) is 6.92 Å². The second kappa shape index (κ2) is 4.65. The molecule has 0 bridgehead atoms. The molecule has 3 heteroatoms. The number of carbonyl (C=O) groups excluding carboxylic acids is 1. The lowest BCUT2D eigenvalue weighted by Crippen LogP contribution is -2.01. The molecule has 1 N–H and O–H groups in total. The number of ether oxygens (including phenoxy) is 1. The van der Waals surface area contributed by atoms with Crippen LogP contribution in [0, 0.1) is 0 Å². The highest BCUT2D eigenvalue weighted by molar-refractivity contribution is 5.69. The van der Waals surface area contributed by atoms with Crippen LogP contribution in [0.3, 0.4) is 0 Å². The van der Waals surface area contributed by atoms with Crippen LogP contribution in [0.5, 0.6) is 11.5 Å². The van der Waals surface area contributed by atoms with Crippen molar-refractivity contribution < 1.29 is 14.6 Å². The van der Waals surface area contributed by atoms with Crippen LogP contribution in [-0.4, -0.2) is 11.1 Å². The van der Waals surface area contributed by atoms with Crippen LogP contribution < -0.4 is 4.74 Å². The lowest BCUT2D eigenvalue weighted by Gasteiger charge is -2.06. The number of hydrogen-bond donors (Lipinski definition) is 1. The third-order valence-electron chi connectivity index (χ3n) is 1.83. The fourth-order valence-corrected chi connectivity index (χ4v) is 1.26. The smallest absolute Gasteiger partial charge is 0.308 e. The van der Waals surface area contributed by atoms with Crippen molar-refractivity contribution in [3.05, 3.63) is 23.8 Å². The van der Waals surface area contributed by atoms with E-state index in [2.05, 4.69) is 0 Å². The van der Waals surface area contributed by atoms with Crippen molar-refractivity contribution in [2.24, 2.45) is 0 Å². The molecule has 0 aliphatic rings. The molecule has 1 aromatic carbocycles. The molecule has 0 unspecified atom stereocenters. The van der Waals surface area contributed by atoms with Crippen molar-refractivity contribution in [2.45, 2.75) is 26.7 Å². The lowest BCUT2D eigenvalue weighted by atomic mass is 10.1. The molecule has 0 fully saturated rings. The molecule has 0 saturated heterocycles. The first-order chi connectivity index (χ1) is 6.63. The van der Waals surface area contributed by atoms with Crippen molar-refractivity contribution in [1.29, 1.82) is 0 Å². The molecule has 0 atom stereocenters. The molecular weight excluding hydrogens is 180 g/mol. The second-order valence-electron chi connectivity index (χ2n) is 3.13. The molecule has 0 heterocycles. The molecule has 0 amide bonds. The normalized spacial score (nSPS) is 9.86. The summed E-state index contributed by atoms with van der Waals surface area (Å²) < 4.78 is 4.91. The van der Waals surface area contributed by atoms with Gasteiger partial charge in [0.25, 0.3) is 0 Å². The standard InChI is InChI=1S/C11H14O3/c1-3-4-9-7-10(14-8(2)12)5-6-11(9)13/h5-7,13H,3-4H2,1-2H3. The van der Waals surface area contributed by atoms with Gasteiger partial charge in [0.15, 0.2) is 0 Å². The van der Waals surface area contributed by atoms with E-state index in [9.17, 15) is 9.90 Å². The number of benzene rings is 1. The minimum Gasteiger partial charge on any atom is -0.508 e. The molecule has 1 rings (SSSR count). The van der Waals surface area contributed by atoms with Crippen LogP contribution in [0.15, 0.2) is 18.2 Å². The Balaban J connectivity index is 2.88. The first-order valence-electron chi connectivity index (χ1n) is 4.63. The largest absolute Gasteiger partial charge is 0.508 e. The van der Waals surface area contributed by atoms with E-state index in [0.29, 0.717) is 5.75 Å². The average molecular weight is 194 g/mol. The van der Waals surface area contributed by atoms with Gasteiger partial charge in [-0.3, -0.25) is 4.79 Å². The van der Waals surface area contributed by atoms with Crippen LogP contribution in [0.2, 0.25) is 0 Å². The second-order valence-corrected chi connectivity index (χ2v) is 3.13. The highest BCUT2D eigenvalue weighted by Gasteiger charge is 2.04.